The van der Waals surface area contributed by atoms with E-state index in [-0.39, 0.29) is 7.12 Å². The van der Waals surface area contributed by atoms with Crippen LogP contribution in [0.15, 0.2) is 30.3 Å². The molecule has 0 aliphatic rings. The van der Waals surface area contributed by atoms with Crippen molar-refractivity contribution in [3.05, 3.63) is 35.9 Å². The summed E-state index contributed by atoms with van der Waals surface area (Å²) in [6.45, 7) is 5.63. The van der Waals surface area contributed by atoms with Crippen LogP contribution in [0, 0.1) is 0 Å². The number of hydrogen-bond donors (Lipinski definition) is 0. The Labute approximate surface area is 99.1 Å². The van der Waals surface area contributed by atoms with Crippen molar-refractivity contribution in [2.75, 3.05) is 13.2 Å². The highest BCUT2D eigenvalue weighted by molar-refractivity contribution is 6.42. The van der Waals surface area contributed by atoms with Crippen LogP contribution in [0.5, 0.6) is 0 Å². The fraction of sp³-hybridized carbons (Fsp3) is 0.538. The molecule has 0 aliphatic heterocycles. The summed E-state index contributed by atoms with van der Waals surface area (Å²) in [5, 5.41) is 0. The first-order valence-corrected chi connectivity index (χ1v) is 6.10. The highest BCUT2D eigenvalue weighted by Gasteiger charge is 2.08. The van der Waals surface area contributed by atoms with Gasteiger partial charge in [0.25, 0.3) is 0 Å². The third-order valence-corrected chi connectivity index (χ3v) is 2.44. The lowest BCUT2D eigenvalue weighted by Gasteiger charge is -2.10. The molecule has 0 unspecified atom stereocenters. The minimum atomic E-state index is -0.0877. The van der Waals surface area contributed by atoms with E-state index in [4.69, 9.17) is 9.31 Å². The maximum atomic E-state index is 5.57. The van der Waals surface area contributed by atoms with Crippen molar-refractivity contribution < 1.29 is 9.31 Å². The van der Waals surface area contributed by atoms with Gasteiger partial charge in [0.1, 0.15) is 0 Å². The van der Waals surface area contributed by atoms with Gasteiger partial charge in [-0.05, 0) is 25.2 Å². The van der Waals surface area contributed by atoms with Crippen molar-refractivity contribution in [2.45, 2.75) is 33.0 Å². The van der Waals surface area contributed by atoms with Gasteiger partial charge in [-0.15, -0.1) is 0 Å². The molecule has 0 fully saturated rings. The van der Waals surface area contributed by atoms with Crippen LogP contribution in [0.25, 0.3) is 0 Å². The van der Waals surface area contributed by atoms with E-state index in [1.807, 2.05) is 12.9 Å². The van der Waals surface area contributed by atoms with Gasteiger partial charge in [0, 0.05) is 13.2 Å². The lowest BCUT2D eigenvalue weighted by Crippen LogP contribution is -2.20. The zero-order valence-electron chi connectivity index (χ0n) is 10.3. The molecule has 0 aliphatic carbocycles. The van der Waals surface area contributed by atoms with Crippen LogP contribution in [-0.4, -0.2) is 20.3 Å². The van der Waals surface area contributed by atoms with Crippen molar-refractivity contribution in [2.24, 2.45) is 0 Å². The summed E-state index contributed by atoms with van der Waals surface area (Å²) in [4.78, 5) is 0. The largest absolute Gasteiger partial charge is 0.453 e. The van der Waals surface area contributed by atoms with E-state index >= 15 is 0 Å². The van der Waals surface area contributed by atoms with Gasteiger partial charge in [0.15, 0.2) is 0 Å². The number of benzene rings is 1. The molecule has 0 saturated carbocycles. The molecule has 0 spiro atoms. The van der Waals surface area contributed by atoms with E-state index in [9.17, 15) is 0 Å². The molecule has 16 heavy (non-hydrogen) atoms. The monoisotopic (exact) mass is 220 g/mol. The van der Waals surface area contributed by atoms with Crippen LogP contribution in [0.4, 0.5) is 0 Å². The standard InChI is InChI=1S/C13H21BO2/c1-3-4-11-15-14(2)16-12-10-13-8-6-5-7-9-13/h5-9H,3-4,10-12H2,1-2H3. The smallest absolute Gasteiger partial charge is 0.411 e. The van der Waals surface area contributed by atoms with Gasteiger partial charge < -0.3 is 9.31 Å². The van der Waals surface area contributed by atoms with E-state index in [1.54, 1.807) is 0 Å². The Kier molecular flexibility index (Phi) is 6.94. The average molecular weight is 220 g/mol. The van der Waals surface area contributed by atoms with Gasteiger partial charge >= 0.3 is 7.12 Å². The molecule has 0 saturated heterocycles. The predicted molar refractivity (Wildman–Crippen MR) is 68.6 cm³/mol. The molecule has 88 valence electrons. The molecule has 0 aromatic heterocycles. The molecule has 2 nitrogen and oxygen atoms in total. The van der Waals surface area contributed by atoms with Gasteiger partial charge in [-0.25, -0.2) is 0 Å². The van der Waals surface area contributed by atoms with E-state index < -0.39 is 0 Å². The molecule has 1 aromatic carbocycles. The van der Waals surface area contributed by atoms with E-state index in [1.165, 1.54) is 5.56 Å². The van der Waals surface area contributed by atoms with Crippen molar-refractivity contribution in [3.8, 4) is 0 Å². The number of unbranched alkanes of at least 4 members (excludes halogenated alkanes) is 1. The van der Waals surface area contributed by atoms with Crippen LogP contribution in [0.3, 0.4) is 0 Å². The van der Waals surface area contributed by atoms with Gasteiger partial charge in [0.2, 0.25) is 0 Å². The zero-order valence-corrected chi connectivity index (χ0v) is 10.3. The molecule has 3 heteroatoms. The Balaban J connectivity index is 2.06. The Morgan fingerprint density at radius 1 is 1.06 bits per heavy atom. The molecule has 0 radical (unpaired) electrons. The quantitative estimate of drug-likeness (QED) is 0.494. The van der Waals surface area contributed by atoms with Crippen LogP contribution in [-0.2, 0) is 15.7 Å². The maximum absolute atomic E-state index is 5.57. The van der Waals surface area contributed by atoms with E-state index in [0.717, 1.165) is 32.5 Å². The van der Waals surface area contributed by atoms with Crippen molar-refractivity contribution in [3.63, 3.8) is 0 Å². The van der Waals surface area contributed by atoms with E-state index in [2.05, 4.69) is 31.2 Å². The molecule has 0 bridgehead atoms. The minimum absolute atomic E-state index is 0.0877. The first-order chi connectivity index (χ1) is 7.83. The Morgan fingerprint density at radius 2 is 1.75 bits per heavy atom. The summed E-state index contributed by atoms with van der Waals surface area (Å²) in [5.74, 6) is 0. The summed E-state index contributed by atoms with van der Waals surface area (Å²) in [6, 6.07) is 10.4. The molecular weight excluding hydrogens is 199 g/mol. The minimum Gasteiger partial charge on any atom is -0.411 e. The van der Waals surface area contributed by atoms with Gasteiger partial charge in [-0.1, -0.05) is 43.7 Å². The van der Waals surface area contributed by atoms with Crippen LogP contribution >= 0.6 is 0 Å². The Bertz CT molecular complexity index is 264. The maximum Gasteiger partial charge on any atom is 0.453 e. The third-order valence-electron chi connectivity index (χ3n) is 2.44. The molecule has 0 heterocycles. The lowest BCUT2D eigenvalue weighted by molar-refractivity contribution is 0.201. The normalized spacial score (nSPS) is 10.4. The third kappa shape index (κ3) is 5.94. The van der Waals surface area contributed by atoms with Crippen LogP contribution < -0.4 is 0 Å². The highest BCUT2D eigenvalue weighted by atomic mass is 16.6. The second-order valence-electron chi connectivity index (χ2n) is 3.90. The van der Waals surface area contributed by atoms with Crippen LogP contribution in [0.1, 0.15) is 25.3 Å². The first-order valence-electron chi connectivity index (χ1n) is 6.10. The molecule has 0 atom stereocenters. The molecule has 0 N–H and O–H groups in total. The highest BCUT2D eigenvalue weighted by Crippen LogP contribution is 2.01. The van der Waals surface area contributed by atoms with Crippen molar-refractivity contribution >= 4 is 7.12 Å². The summed E-state index contributed by atoms with van der Waals surface area (Å²) in [7, 11) is -0.0877. The summed E-state index contributed by atoms with van der Waals surface area (Å²) < 4.78 is 11.1. The first kappa shape index (κ1) is 13.3. The molecule has 1 rings (SSSR count). The zero-order chi connectivity index (χ0) is 11.6. The number of rotatable bonds is 8. The summed E-state index contributed by atoms with van der Waals surface area (Å²) in [5.41, 5.74) is 1.31. The Morgan fingerprint density at radius 3 is 2.44 bits per heavy atom. The van der Waals surface area contributed by atoms with E-state index in [0.29, 0.717) is 0 Å². The fourth-order valence-electron chi connectivity index (χ4n) is 1.43. The average Bonchev–Trinajstić information content (AvgIpc) is 2.31. The number of hydrogen-bond acceptors (Lipinski definition) is 2. The topological polar surface area (TPSA) is 18.5 Å². The summed E-state index contributed by atoms with van der Waals surface area (Å²) >= 11 is 0. The summed E-state index contributed by atoms with van der Waals surface area (Å²) in [6.07, 6.45) is 3.21. The molecule has 0 amide bonds. The van der Waals surface area contributed by atoms with Crippen molar-refractivity contribution in [1.29, 1.82) is 0 Å². The second kappa shape index (κ2) is 8.37. The fourth-order valence-corrected chi connectivity index (χ4v) is 1.43. The SMILES string of the molecule is CCCCOB(C)OCCc1ccccc1. The lowest BCUT2D eigenvalue weighted by atomic mass is 9.95. The second-order valence-corrected chi connectivity index (χ2v) is 3.90. The van der Waals surface area contributed by atoms with Gasteiger partial charge in [0.05, 0.1) is 0 Å². The predicted octanol–water partition coefficient (Wildman–Crippen LogP) is 3.18. The molecule has 1 aromatic rings. The van der Waals surface area contributed by atoms with Gasteiger partial charge in [-0.3, -0.25) is 0 Å². The van der Waals surface area contributed by atoms with Crippen LogP contribution in [0.2, 0.25) is 6.82 Å². The Hall–Kier alpha value is -0.795. The van der Waals surface area contributed by atoms with Crippen molar-refractivity contribution in [1.82, 2.24) is 0 Å². The van der Waals surface area contributed by atoms with Gasteiger partial charge in [-0.2, -0.15) is 0 Å². The molecular formula is C13H21BO2.